The molecular weight excluding hydrogens is 448 g/mol. The second kappa shape index (κ2) is 10.9. The van der Waals surface area contributed by atoms with Crippen LogP contribution in [0.4, 0.5) is 5.69 Å². The molecule has 0 radical (unpaired) electrons. The van der Waals surface area contributed by atoms with Crippen LogP contribution in [-0.2, 0) is 10.0 Å². The summed E-state index contributed by atoms with van der Waals surface area (Å²) in [5, 5.41) is 32.4. The molecule has 180 valence electrons. The van der Waals surface area contributed by atoms with Gasteiger partial charge in [0.05, 0.1) is 17.5 Å². The van der Waals surface area contributed by atoms with Gasteiger partial charge in [0, 0.05) is 18.7 Å². The quantitative estimate of drug-likeness (QED) is 0.328. The van der Waals surface area contributed by atoms with E-state index in [-0.39, 0.29) is 24.1 Å². The molecule has 5 N–H and O–H groups in total. The Labute approximate surface area is 193 Å². The van der Waals surface area contributed by atoms with Gasteiger partial charge >= 0.3 is 5.97 Å². The lowest BCUT2D eigenvalue weighted by Crippen LogP contribution is -2.39. The summed E-state index contributed by atoms with van der Waals surface area (Å²) in [6.07, 6.45) is 4.11. The van der Waals surface area contributed by atoms with Crippen molar-refractivity contribution in [1.29, 1.82) is 0 Å². The number of phenolic OH excluding ortho intramolecular Hbond substituents is 1. The molecule has 0 spiro atoms. The molecule has 0 amide bonds. The Morgan fingerprint density at radius 2 is 1.79 bits per heavy atom. The first kappa shape index (κ1) is 24.8. The maximum atomic E-state index is 11.4. The van der Waals surface area contributed by atoms with Gasteiger partial charge in [-0.3, -0.25) is 4.72 Å². The summed E-state index contributed by atoms with van der Waals surface area (Å²) in [4.78, 5) is 11.0. The molecule has 33 heavy (non-hydrogen) atoms. The number of benzene rings is 2. The van der Waals surface area contributed by atoms with E-state index in [1.54, 1.807) is 12.1 Å². The maximum Gasteiger partial charge on any atom is 0.335 e. The van der Waals surface area contributed by atoms with E-state index in [0.29, 0.717) is 23.8 Å². The fourth-order valence-corrected chi connectivity index (χ4v) is 4.53. The zero-order valence-electron chi connectivity index (χ0n) is 18.4. The Morgan fingerprint density at radius 1 is 1.12 bits per heavy atom. The summed E-state index contributed by atoms with van der Waals surface area (Å²) in [6, 6.07) is 11.5. The second-order valence-electron chi connectivity index (χ2n) is 8.40. The standard InChI is InChI=1S/C23H30N2O7S/c1-33(30,31)25-21-12-20(10-11-22(21)27)32-14-19(26)13-24-18-8-6-16(7-9-18)15-2-4-17(5-3-15)23(28)29/h2-5,10-12,16,18-19,24-27H,6-9,13-14H2,1H3,(H,28,29). The average molecular weight is 479 g/mol. The number of aromatic carboxylic acids is 1. The zero-order valence-corrected chi connectivity index (χ0v) is 19.2. The van der Waals surface area contributed by atoms with Gasteiger partial charge in [0.15, 0.2) is 0 Å². The van der Waals surface area contributed by atoms with Gasteiger partial charge in [-0.15, -0.1) is 0 Å². The third kappa shape index (κ3) is 7.62. The number of nitrogens with one attached hydrogen (secondary N) is 2. The summed E-state index contributed by atoms with van der Waals surface area (Å²) in [7, 11) is -3.54. The van der Waals surface area contributed by atoms with E-state index in [1.807, 2.05) is 12.1 Å². The number of carboxylic acid groups (broad SMARTS) is 1. The highest BCUT2D eigenvalue weighted by molar-refractivity contribution is 7.92. The van der Waals surface area contributed by atoms with E-state index < -0.39 is 22.1 Å². The Hall–Kier alpha value is -2.82. The Kier molecular flexibility index (Phi) is 8.17. The maximum absolute atomic E-state index is 11.4. The number of carbonyl (C=O) groups is 1. The monoisotopic (exact) mass is 478 g/mol. The molecule has 1 unspecified atom stereocenters. The van der Waals surface area contributed by atoms with Crippen LogP contribution in [0.15, 0.2) is 42.5 Å². The Balaban J connectivity index is 1.41. The van der Waals surface area contributed by atoms with Crippen LogP contribution in [0.3, 0.4) is 0 Å². The average Bonchev–Trinajstić information content (AvgIpc) is 2.77. The molecule has 1 aliphatic rings. The van der Waals surface area contributed by atoms with Crippen LogP contribution >= 0.6 is 0 Å². The lowest BCUT2D eigenvalue weighted by atomic mass is 9.81. The number of sulfonamides is 1. The molecule has 1 aliphatic carbocycles. The molecular formula is C23H30N2O7S. The molecule has 1 atom stereocenters. The lowest BCUT2D eigenvalue weighted by Gasteiger charge is -2.30. The highest BCUT2D eigenvalue weighted by Gasteiger charge is 2.23. The number of hydrogen-bond acceptors (Lipinski definition) is 7. The number of aliphatic hydroxyl groups is 1. The molecule has 2 aromatic carbocycles. The topological polar surface area (TPSA) is 145 Å². The largest absolute Gasteiger partial charge is 0.506 e. The number of carboxylic acids is 1. The normalized spacial score (nSPS) is 19.6. The highest BCUT2D eigenvalue weighted by Crippen LogP contribution is 2.33. The van der Waals surface area contributed by atoms with Crippen LogP contribution in [-0.4, -0.2) is 61.3 Å². The molecule has 1 saturated carbocycles. The van der Waals surface area contributed by atoms with Crippen LogP contribution < -0.4 is 14.8 Å². The summed E-state index contributed by atoms with van der Waals surface area (Å²) in [5.41, 5.74) is 1.46. The predicted octanol–water partition coefficient (Wildman–Crippen LogP) is 2.52. The van der Waals surface area contributed by atoms with Crippen molar-refractivity contribution in [1.82, 2.24) is 5.32 Å². The first-order valence-corrected chi connectivity index (χ1v) is 12.7. The molecule has 0 heterocycles. The van der Waals surface area contributed by atoms with E-state index in [9.17, 15) is 23.4 Å². The third-order valence-corrected chi connectivity index (χ3v) is 6.29. The highest BCUT2D eigenvalue weighted by atomic mass is 32.2. The van der Waals surface area contributed by atoms with Crippen molar-refractivity contribution in [3.63, 3.8) is 0 Å². The summed E-state index contributed by atoms with van der Waals surface area (Å²) in [5.74, 6) is -0.410. The van der Waals surface area contributed by atoms with Crippen molar-refractivity contribution in [2.45, 2.75) is 43.7 Å². The summed E-state index contributed by atoms with van der Waals surface area (Å²) in [6.45, 7) is 0.372. The second-order valence-corrected chi connectivity index (χ2v) is 10.2. The fraction of sp³-hybridized carbons (Fsp3) is 0.435. The van der Waals surface area contributed by atoms with Crippen LogP contribution in [0.5, 0.6) is 11.5 Å². The van der Waals surface area contributed by atoms with Gasteiger partial charge in [0.25, 0.3) is 0 Å². The van der Waals surface area contributed by atoms with E-state index in [1.165, 1.54) is 18.2 Å². The first-order chi connectivity index (χ1) is 15.6. The predicted molar refractivity (Wildman–Crippen MR) is 124 cm³/mol. The van der Waals surface area contributed by atoms with Crippen LogP contribution in [0.1, 0.15) is 47.5 Å². The number of rotatable bonds is 10. The molecule has 0 bridgehead atoms. The van der Waals surface area contributed by atoms with Crippen molar-refractivity contribution in [3.8, 4) is 11.5 Å². The lowest BCUT2D eigenvalue weighted by molar-refractivity contribution is 0.0696. The Bertz CT molecular complexity index is 1050. The molecule has 9 nitrogen and oxygen atoms in total. The zero-order chi connectivity index (χ0) is 24.0. The summed E-state index contributed by atoms with van der Waals surface area (Å²) >= 11 is 0. The van der Waals surface area contributed by atoms with Crippen LogP contribution in [0, 0.1) is 0 Å². The smallest absolute Gasteiger partial charge is 0.335 e. The Morgan fingerprint density at radius 3 is 2.39 bits per heavy atom. The van der Waals surface area contributed by atoms with E-state index in [4.69, 9.17) is 9.84 Å². The van der Waals surface area contributed by atoms with Gasteiger partial charge in [0.2, 0.25) is 10.0 Å². The van der Waals surface area contributed by atoms with Crippen LogP contribution in [0.2, 0.25) is 0 Å². The SMILES string of the molecule is CS(=O)(=O)Nc1cc(OCC(O)CNC2CCC(c3ccc(C(=O)O)cc3)CC2)ccc1O. The number of aromatic hydroxyl groups is 1. The minimum Gasteiger partial charge on any atom is -0.506 e. The van der Waals surface area contributed by atoms with Crippen molar-refractivity contribution >= 4 is 21.7 Å². The number of phenols is 1. The fourth-order valence-electron chi connectivity index (χ4n) is 3.97. The molecule has 2 aromatic rings. The van der Waals surface area contributed by atoms with Crippen molar-refractivity contribution in [2.24, 2.45) is 0 Å². The first-order valence-electron chi connectivity index (χ1n) is 10.8. The minimum absolute atomic E-state index is 0.0111. The van der Waals surface area contributed by atoms with Gasteiger partial charge in [-0.05, 0) is 61.4 Å². The molecule has 0 aromatic heterocycles. The van der Waals surface area contributed by atoms with Gasteiger partial charge in [0.1, 0.15) is 24.2 Å². The van der Waals surface area contributed by atoms with E-state index in [0.717, 1.165) is 37.5 Å². The third-order valence-electron chi connectivity index (χ3n) is 5.70. The summed E-state index contributed by atoms with van der Waals surface area (Å²) < 4.78 is 30.5. The van der Waals surface area contributed by atoms with Crippen LogP contribution in [0.25, 0.3) is 0 Å². The van der Waals surface area contributed by atoms with Gasteiger partial charge in [-0.25, -0.2) is 13.2 Å². The van der Waals surface area contributed by atoms with Crippen molar-refractivity contribution in [3.05, 3.63) is 53.6 Å². The molecule has 3 rings (SSSR count). The number of anilines is 1. The van der Waals surface area contributed by atoms with Gasteiger partial charge in [-0.1, -0.05) is 12.1 Å². The molecule has 0 saturated heterocycles. The number of ether oxygens (including phenoxy) is 1. The van der Waals surface area contributed by atoms with E-state index in [2.05, 4.69) is 10.0 Å². The van der Waals surface area contributed by atoms with Crippen molar-refractivity contribution in [2.75, 3.05) is 24.1 Å². The van der Waals surface area contributed by atoms with Crippen molar-refractivity contribution < 1.29 is 33.3 Å². The van der Waals surface area contributed by atoms with E-state index >= 15 is 0 Å². The molecule has 1 fully saturated rings. The number of aliphatic hydroxyl groups excluding tert-OH is 1. The van der Waals surface area contributed by atoms with Gasteiger partial charge in [-0.2, -0.15) is 0 Å². The minimum atomic E-state index is -3.54. The number of hydrogen-bond donors (Lipinski definition) is 5. The van der Waals surface area contributed by atoms with Gasteiger partial charge < -0.3 is 25.4 Å². The molecule has 0 aliphatic heterocycles. The molecule has 10 heteroatoms.